The molecular formula is C16H16F2N2O3S. The Balaban J connectivity index is 2.33. The normalized spacial score (nSPS) is 10.9. The van der Waals surface area contributed by atoms with Gasteiger partial charge in [-0.25, -0.2) is 18.6 Å². The zero-order valence-corrected chi connectivity index (χ0v) is 14.2. The fourth-order valence-electron chi connectivity index (χ4n) is 2.04. The first-order valence-corrected chi connectivity index (χ1v) is 8.10. The Labute approximate surface area is 141 Å². The number of thioether (sulfide) groups is 1. The second-order valence-corrected chi connectivity index (χ2v) is 6.19. The van der Waals surface area contributed by atoms with Gasteiger partial charge in [0.15, 0.2) is 16.8 Å². The molecule has 0 amide bonds. The standard InChI is InChI=1S/C16H16F2N2O3S/c1-9(2)20-14(21)11(15(22)23-3)7-19-16(20)24-8-10-4-5-12(17)13(18)6-10/h4-7,9H,8H2,1-3H3. The van der Waals surface area contributed by atoms with E-state index in [9.17, 15) is 18.4 Å². The largest absolute Gasteiger partial charge is 0.465 e. The van der Waals surface area contributed by atoms with Gasteiger partial charge in [0.05, 0.1) is 13.3 Å². The van der Waals surface area contributed by atoms with Crippen LogP contribution in [-0.2, 0) is 10.5 Å². The Bertz CT molecular complexity index is 821. The number of aromatic nitrogens is 2. The number of hydrogen-bond acceptors (Lipinski definition) is 5. The van der Waals surface area contributed by atoms with Crippen molar-refractivity contribution < 1.29 is 18.3 Å². The minimum atomic E-state index is -0.927. The maximum absolute atomic E-state index is 13.3. The van der Waals surface area contributed by atoms with E-state index in [4.69, 9.17) is 0 Å². The van der Waals surface area contributed by atoms with Gasteiger partial charge in [-0.1, -0.05) is 17.8 Å². The molecular weight excluding hydrogens is 338 g/mol. The molecule has 2 rings (SSSR count). The van der Waals surface area contributed by atoms with E-state index in [0.29, 0.717) is 16.5 Å². The zero-order chi connectivity index (χ0) is 17.9. The molecule has 0 fully saturated rings. The van der Waals surface area contributed by atoms with Crippen molar-refractivity contribution in [2.75, 3.05) is 7.11 Å². The average Bonchev–Trinajstić information content (AvgIpc) is 2.54. The first-order chi connectivity index (χ1) is 11.3. The maximum atomic E-state index is 13.3. The summed E-state index contributed by atoms with van der Waals surface area (Å²) in [5.41, 5.74) is -0.0940. The van der Waals surface area contributed by atoms with E-state index in [1.807, 2.05) is 0 Å². The van der Waals surface area contributed by atoms with Crippen LogP contribution in [0.3, 0.4) is 0 Å². The Morgan fingerprint density at radius 3 is 2.62 bits per heavy atom. The fraction of sp³-hybridized carbons (Fsp3) is 0.312. The summed E-state index contributed by atoms with van der Waals surface area (Å²) >= 11 is 1.20. The molecule has 0 aliphatic heterocycles. The van der Waals surface area contributed by atoms with Crippen LogP contribution in [0.15, 0.2) is 34.3 Å². The van der Waals surface area contributed by atoms with Crippen LogP contribution in [0.2, 0.25) is 0 Å². The van der Waals surface area contributed by atoms with E-state index in [1.165, 1.54) is 35.7 Å². The molecule has 8 heteroatoms. The van der Waals surface area contributed by atoms with Gasteiger partial charge in [0.1, 0.15) is 5.56 Å². The number of esters is 1. The SMILES string of the molecule is COC(=O)c1cnc(SCc2ccc(F)c(F)c2)n(C(C)C)c1=O. The van der Waals surface area contributed by atoms with Crippen molar-refractivity contribution in [3.05, 3.63) is 57.5 Å². The van der Waals surface area contributed by atoms with E-state index in [1.54, 1.807) is 13.8 Å². The van der Waals surface area contributed by atoms with Gasteiger partial charge >= 0.3 is 5.97 Å². The Morgan fingerprint density at radius 2 is 2.04 bits per heavy atom. The van der Waals surface area contributed by atoms with Gasteiger partial charge in [-0.3, -0.25) is 9.36 Å². The van der Waals surface area contributed by atoms with Crippen LogP contribution < -0.4 is 5.56 Å². The quantitative estimate of drug-likeness (QED) is 0.469. The summed E-state index contributed by atoms with van der Waals surface area (Å²) in [5, 5.41) is 0.382. The lowest BCUT2D eigenvalue weighted by molar-refractivity contribution is 0.0596. The predicted molar refractivity (Wildman–Crippen MR) is 86.1 cm³/mol. The molecule has 0 aliphatic rings. The van der Waals surface area contributed by atoms with Gasteiger partial charge in [0.2, 0.25) is 0 Å². The minimum absolute atomic E-state index is 0.150. The van der Waals surface area contributed by atoms with Gasteiger partial charge in [0.25, 0.3) is 5.56 Å². The van der Waals surface area contributed by atoms with Crippen molar-refractivity contribution in [3.63, 3.8) is 0 Å². The van der Waals surface area contributed by atoms with Gasteiger partial charge in [0, 0.05) is 11.8 Å². The molecule has 0 aliphatic carbocycles. The first-order valence-electron chi connectivity index (χ1n) is 7.11. The van der Waals surface area contributed by atoms with Gasteiger partial charge < -0.3 is 4.74 Å². The Morgan fingerprint density at radius 1 is 1.33 bits per heavy atom. The van der Waals surface area contributed by atoms with Gasteiger partial charge in [-0.05, 0) is 31.5 Å². The summed E-state index contributed by atoms with van der Waals surface area (Å²) in [5.74, 6) is -2.29. The molecule has 0 atom stereocenters. The first kappa shape index (κ1) is 18.1. The van der Waals surface area contributed by atoms with E-state index in [-0.39, 0.29) is 11.6 Å². The summed E-state index contributed by atoms with van der Waals surface area (Å²) in [4.78, 5) is 28.2. The van der Waals surface area contributed by atoms with E-state index in [2.05, 4.69) is 9.72 Å². The number of nitrogens with zero attached hydrogens (tertiary/aromatic N) is 2. The highest BCUT2D eigenvalue weighted by atomic mass is 32.2. The highest BCUT2D eigenvalue weighted by molar-refractivity contribution is 7.98. The van der Waals surface area contributed by atoms with Crippen LogP contribution in [0, 0.1) is 11.6 Å². The molecule has 24 heavy (non-hydrogen) atoms. The third-order valence-electron chi connectivity index (χ3n) is 3.23. The number of rotatable bonds is 5. The van der Waals surface area contributed by atoms with Crippen LogP contribution in [0.25, 0.3) is 0 Å². The molecule has 0 saturated carbocycles. The number of ether oxygens (including phenoxy) is 1. The maximum Gasteiger partial charge on any atom is 0.345 e. The number of methoxy groups -OCH3 is 1. The second-order valence-electron chi connectivity index (χ2n) is 5.25. The lowest BCUT2D eigenvalue weighted by Gasteiger charge is -2.15. The van der Waals surface area contributed by atoms with Crippen molar-refractivity contribution in [3.8, 4) is 0 Å². The summed E-state index contributed by atoms with van der Waals surface area (Å²) in [6.07, 6.45) is 1.17. The molecule has 128 valence electrons. The number of carbonyl (C=O) groups is 1. The lowest BCUT2D eigenvalue weighted by atomic mass is 10.2. The summed E-state index contributed by atoms with van der Waals surface area (Å²) in [7, 11) is 1.19. The molecule has 1 heterocycles. The molecule has 2 aromatic rings. The molecule has 0 N–H and O–H groups in total. The molecule has 0 radical (unpaired) electrons. The number of hydrogen-bond donors (Lipinski definition) is 0. The van der Waals surface area contributed by atoms with Crippen molar-refractivity contribution >= 4 is 17.7 Å². The highest BCUT2D eigenvalue weighted by Crippen LogP contribution is 2.23. The van der Waals surface area contributed by atoms with Crippen molar-refractivity contribution in [2.24, 2.45) is 0 Å². The number of halogens is 2. The lowest BCUT2D eigenvalue weighted by Crippen LogP contribution is -2.30. The summed E-state index contributed by atoms with van der Waals surface area (Å²) in [6.45, 7) is 3.57. The molecule has 1 aromatic heterocycles. The zero-order valence-electron chi connectivity index (χ0n) is 13.4. The van der Waals surface area contributed by atoms with Gasteiger partial charge in [-0.2, -0.15) is 0 Å². The number of benzene rings is 1. The molecule has 5 nitrogen and oxygen atoms in total. The molecule has 0 spiro atoms. The molecule has 0 unspecified atom stereocenters. The Hall–Kier alpha value is -2.22. The van der Waals surface area contributed by atoms with Crippen LogP contribution >= 0.6 is 11.8 Å². The molecule has 0 bridgehead atoms. The van der Waals surface area contributed by atoms with E-state index < -0.39 is 23.2 Å². The monoisotopic (exact) mass is 354 g/mol. The van der Waals surface area contributed by atoms with Crippen LogP contribution in [0.4, 0.5) is 8.78 Å². The minimum Gasteiger partial charge on any atom is -0.465 e. The highest BCUT2D eigenvalue weighted by Gasteiger charge is 2.18. The molecule has 0 saturated heterocycles. The van der Waals surface area contributed by atoms with Crippen LogP contribution in [-0.4, -0.2) is 22.6 Å². The van der Waals surface area contributed by atoms with Crippen LogP contribution in [0.5, 0.6) is 0 Å². The number of carbonyl (C=O) groups excluding carboxylic acids is 1. The fourth-order valence-corrected chi connectivity index (χ4v) is 3.08. The van der Waals surface area contributed by atoms with E-state index >= 15 is 0 Å². The Kier molecular flexibility index (Phi) is 5.71. The summed E-state index contributed by atoms with van der Waals surface area (Å²) in [6, 6.07) is 3.38. The van der Waals surface area contributed by atoms with Crippen molar-refractivity contribution in [1.82, 2.24) is 9.55 Å². The van der Waals surface area contributed by atoms with E-state index in [0.717, 1.165) is 12.1 Å². The third-order valence-corrected chi connectivity index (χ3v) is 4.27. The van der Waals surface area contributed by atoms with Crippen molar-refractivity contribution in [1.29, 1.82) is 0 Å². The summed E-state index contributed by atoms with van der Waals surface area (Å²) < 4.78 is 32.1. The third kappa shape index (κ3) is 3.81. The van der Waals surface area contributed by atoms with Crippen LogP contribution in [0.1, 0.15) is 35.8 Å². The van der Waals surface area contributed by atoms with Crippen molar-refractivity contribution in [2.45, 2.75) is 30.8 Å². The topological polar surface area (TPSA) is 61.2 Å². The average molecular weight is 354 g/mol. The van der Waals surface area contributed by atoms with Gasteiger partial charge in [-0.15, -0.1) is 0 Å². The predicted octanol–water partition coefficient (Wildman–Crippen LogP) is 3.18. The second kappa shape index (κ2) is 7.57. The smallest absolute Gasteiger partial charge is 0.345 e. The molecule has 1 aromatic carbocycles.